The Morgan fingerprint density at radius 2 is 0.947 bits per heavy atom. The number of hydrogen-bond donors (Lipinski definition) is 0. The molecule has 0 spiro atoms. The topological polar surface area (TPSA) is 0 Å². The van der Waals surface area contributed by atoms with Gasteiger partial charge in [0.05, 0.1) is 0 Å². The van der Waals surface area contributed by atoms with Crippen LogP contribution in [0.3, 0.4) is 0 Å². The van der Waals surface area contributed by atoms with Crippen LogP contribution in [0.5, 0.6) is 0 Å². The molecule has 105 valence electrons. The van der Waals surface area contributed by atoms with E-state index >= 15 is 0 Å². The zero-order chi connectivity index (χ0) is 15.2. The highest BCUT2D eigenvalue weighted by Gasteiger charge is 2.26. The summed E-state index contributed by atoms with van der Waals surface area (Å²) in [6.07, 6.45) is 0. The maximum Gasteiger partial charge on any atom is 0.130 e. The van der Waals surface area contributed by atoms with Crippen molar-refractivity contribution >= 4 is 13.3 Å². The molecule has 0 heterocycles. The fraction of sp³-hybridized carbons (Fsp3) is 0.667. The van der Waals surface area contributed by atoms with E-state index in [4.69, 9.17) is 0 Å². The minimum Gasteiger partial charge on any atom is -0.0852 e. The van der Waals surface area contributed by atoms with Gasteiger partial charge in [-0.25, -0.2) is 0 Å². The highest BCUT2D eigenvalue weighted by molar-refractivity contribution is 6.34. The summed E-state index contributed by atoms with van der Waals surface area (Å²) in [5.74, 6) is 0. The van der Waals surface area contributed by atoms with Gasteiger partial charge in [0, 0.05) is 0 Å². The van der Waals surface area contributed by atoms with E-state index in [-0.39, 0.29) is 16.2 Å². The molecule has 0 saturated carbocycles. The predicted octanol–water partition coefficient (Wildman–Crippen LogP) is 4.11. The smallest absolute Gasteiger partial charge is 0.0852 e. The van der Waals surface area contributed by atoms with E-state index in [0.29, 0.717) is 0 Å². The minimum absolute atomic E-state index is 0.137. The average Bonchev–Trinajstić information content (AvgIpc) is 2.11. The number of rotatable bonds is 0. The number of benzene rings is 1. The summed E-state index contributed by atoms with van der Waals surface area (Å²) in [6, 6.07) is 4.72. The van der Waals surface area contributed by atoms with Crippen molar-refractivity contribution in [2.24, 2.45) is 0 Å². The zero-order valence-corrected chi connectivity index (χ0v) is 14.4. The summed E-state index contributed by atoms with van der Waals surface area (Å²) >= 11 is 0. The summed E-state index contributed by atoms with van der Waals surface area (Å²) in [6.45, 7) is 20.5. The van der Waals surface area contributed by atoms with E-state index in [1.165, 1.54) is 22.2 Å². The maximum atomic E-state index is 4.38. The van der Waals surface area contributed by atoms with Gasteiger partial charge in [-0.15, -0.1) is 0 Å². The zero-order valence-electron chi connectivity index (χ0n) is 14.4. The first-order valence-electron chi connectivity index (χ1n) is 7.26. The lowest BCUT2D eigenvalue weighted by atomic mass is 9.67. The Bertz CT molecular complexity index is 427. The Balaban J connectivity index is 3.68. The van der Waals surface area contributed by atoms with E-state index in [0.717, 1.165) is 0 Å². The highest BCUT2D eigenvalue weighted by atomic mass is 14.3. The molecule has 0 N–H and O–H groups in total. The van der Waals surface area contributed by atoms with Gasteiger partial charge in [-0.2, -0.15) is 0 Å². The molecule has 0 nitrogen and oxygen atoms in total. The van der Waals surface area contributed by atoms with Gasteiger partial charge in [0.2, 0.25) is 0 Å². The molecule has 0 fully saturated rings. The Morgan fingerprint density at radius 1 is 0.632 bits per heavy atom. The third-order valence-electron chi connectivity index (χ3n) is 3.73. The van der Waals surface area contributed by atoms with E-state index in [1.807, 2.05) is 0 Å². The van der Waals surface area contributed by atoms with Crippen molar-refractivity contribution in [1.29, 1.82) is 0 Å². The van der Waals surface area contributed by atoms with Crippen LogP contribution in [0.4, 0.5) is 0 Å². The van der Waals surface area contributed by atoms with E-state index in [2.05, 4.69) is 82.3 Å². The molecule has 0 saturated heterocycles. The summed E-state index contributed by atoms with van der Waals surface area (Å²) in [7, 11) is 4.38. The lowest BCUT2D eigenvalue weighted by Gasteiger charge is -2.32. The molecule has 0 aromatic heterocycles. The van der Waals surface area contributed by atoms with Crippen molar-refractivity contribution in [3.63, 3.8) is 0 Å². The molecule has 0 aliphatic heterocycles. The van der Waals surface area contributed by atoms with Crippen molar-refractivity contribution in [3.05, 3.63) is 28.8 Å². The number of hydrogen-bond acceptors (Lipinski definition) is 0. The molecule has 1 radical (unpaired) electrons. The third kappa shape index (κ3) is 3.65. The van der Waals surface area contributed by atoms with Crippen molar-refractivity contribution < 1.29 is 0 Å². The van der Waals surface area contributed by atoms with Crippen LogP contribution < -0.4 is 5.46 Å². The van der Waals surface area contributed by atoms with Crippen molar-refractivity contribution in [3.8, 4) is 0 Å². The molecule has 0 aliphatic rings. The van der Waals surface area contributed by atoms with Gasteiger partial charge >= 0.3 is 0 Å². The molecular formula is C18H30B. The van der Waals surface area contributed by atoms with Crippen molar-refractivity contribution in [1.82, 2.24) is 0 Å². The molecule has 0 aliphatic carbocycles. The van der Waals surface area contributed by atoms with E-state index in [1.54, 1.807) is 0 Å². The predicted molar refractivity (Wildman–Crippen MR) is 89.3 cm³/mol. The summed E-state index contributed by atoms with van der Waals surface area (Å²) in [5, 5.41) is 0. The van der Waals surface area contributed by atoms with Crippen LogP contribution in [0.1, 0.15) is 79.0 Å². The largest absolute Gasteiger partial charge is 0.130 e. The van der Waals surface area contributed by atoms with Gasteiger partial charge in [0.1, 0.15) is 7.85 Å². The Labute approximate surface area is 121 Å². The first kappa shape index (κ1) is 16.3. The van der Waals surface area contributed by atoms with Crippen LogP contribution in [-0.2, 0) is 16.2 Å². The molecule has 0 unspecified atom stereocenters. The second-order valence-corrected chi connectivity index (χ2v) is 8.80. The molecular weight excluding hydrogens is 227 g/mol. The first-order valence-corrected chi connectivity index (χ1v) is 7.26. The standard InChI is InChI=1S/C18H30B/c1-16(2,3)12-10-13(17(4,5)6)15(19)14(11-12)18(7,8)9/h10-11,19H,1-9H3. The molecule has 1 heteroatoms. The van der Waals surface area contributed by atoms with Crippen molar-refractivity contribution in [2.75, 3.05) is 0 Å². The second kappa shape index (κ2) is 4.68. The van der Waals surface area contributed by atoms with Gasteiger partial charge in [-0.3, -0.25) is 0 Å². The van der Waals surface area contributed by atoms with Crippen LogP contribution in [0.15, 0.2) is 12.1 Å². The minimum atomic E-state index is 0.137. The highest BCUT2D eigenvalue weighted by Crippen LogP contribution is 2.32. The molecule has 1 rings (SSSR count). The normalized spacial score (nSPS) is 13.7. The fourth-order valence-electron chi connectivity index (χ4n) is 2.44. The van der Waals surface area contributed by atoms with Crippen LogP contribution in [0.2, 0.25) is 0 Å². The molecule has 0 bridgehead atoms. The third-order valence-corrected chi connectivity index (χ3v) is 3.73. The van der Waals surface area contributed by atoms with Gasteiger partial charge in [-0.05, 0) is 32.9 Å². The molecule has 19 heavy (non-hydrogen) atoms. The molecule has 0 atom stereocenters. The second-order valence-electron chi connectivity index (χ2n) is 8.80. The SMILES string of the molecule is [BH]c1c(C(C)(C)C)cc(C(C)(C)C)cc1C(C)(C)C. The van der Waals surface area contributed by atoms with Crippen LogP contribution in [-0.4, -0.2) is 7.85 Å². The van der Waals surface area contributed by atoms with E-state index in [9.17, 15) is 0 Å². The van der Waals surface area contributed by atoms with Crippen molar-refractivity contribution in [2.45, 2.75) is 78.6 Å². The lowest BCUT2D eigenvalue weighted by Crippen LogP contribution is -2.32. The average molecular weight is 257 g/mol. The van der Waals surface area contributed by atoms with Crippen LogP contribution >= 0.6 is 0 Å². The van der Waals surface area contributed by atoms with Gasteiger partial charge in [-0.1, -0.05) is 79.9 Å². The fourth-order valence-corrected chi connectivity index (χ4v) is 2.44. The molecule has 1 aromatic carbocycles. The summed E-state index contributed by atoms with van der Waals surface area (Å²) in [5.41, 5.74) is 5.84. The quantitative estimate of drug-likeness (QED) is 0.614. The van der Waals surface area contributed by atoms with Gasteiger partial charge in [0.25, 0.3) is 0 Å². The van der Waals surface area contributed by atoms with Crippen LogP contribution in [0, 0.1) is 0 Å². The van der Waals surface area contributed by atoms with E-state index < -0.39 is 0 Å². The van der Waals surface area contributed by atoms with Gasteiger partial charge < -0.3 is 0 Å². The molecule has 1 aromatic rings. The van der Waals surface area contributed by atoms with Crippen LogP contribution in [0.25, 0.3) is 0 Å². The first-order chi connectivity index (χ1) is 8.24. The lowest BCUT2D eigenvalue weighted by molar-refractivity contribution is 0.553. The molecule has 0 amide bonds. The Morgan fingerprint density at radius 3 is 1.16 bits per heavy atom. The van der Waals surface area contributed by atoms with Gasteiger partial charge in [0.15, 0.2) is 0 Å². The Kier molecular flexibility index (Phi) is 4.03. The monoisotopic (exact) mass is 257 g/mol. The maximum absolute atomic E-state index is 4.38. The Hall–Kier alpha value is -0.715. The summed E-state index contributed by atoms with van der Waals surface area (Å²) < 4.78 is 0. The summed E-state index contributed by atoms with van der Waals surface area (Å²) in [4.78, 5) is 0.